The molecule has 1 unspecified atom stereocenters. The highest BCUT2D eigenvalue weighted by atomic mass is 32.1. The highest BCUT2D eigenvalue weighted by Crippen LogP contribution is 2.28. The zero-order valence-corrected chi connectivity index (χ0v) is 12.3. The summed E-state index contributed by atoms with van der Waals surface area (Å²) in [5.41, 5.74) is 2.43. The first-order chi connectivity index (χ1) is 9.49. The van der Waals surface area contributed by atoms with Gasteiger partial charge in [-0.15, -0.1) is 11.3 Å². The van der Waals surface area contributed by atoms with Crippen molar-refractivity contribution in [3.63, 3.8) is 0 Å². The first-order valence-electron chi connectivity index (χ1n) is 6.15. The van der Waals surface area contributed by atoms with Gasteiger partial charge in [0.25, 0.3) is 5.69 Å². The summed E-state index contributed by atoms with van der Waals surface area (Å²) >= 11 is 1.57. The van der Waals surface area contributed by atoms with Crippen LogP contribution in [0, 0.1) is 17.0 Å². The van der Waals surface area contributed by atoms with Gasteiger partial charge in [-0.3, -0.25) is 10.1 Å². The van der Waals surface area contributed by atoms with E-state index >= 15 is 0 Å². The van der Waals surface area contributed by atoms with Crippen LogP contribution < -0.4 is 10.6 Å². The minimum absolute atomic E-state index is 0.000380. The lowest BCUT2D eigenvalue weighted by atomic mass is 10.2. The van der Waals surface area contributed by atoms with Crippen LogP contribution in [0.3, 0.4) is 0 Å². The molecule has 0 aliphatic rings. The number of nitro groups is 1. The molecule has 0 spiro atoms. The van der Waals surface area contributed by atoms with Gasteiger partial charge in [0.1, 0.15) is 5.01 Å². The minimum atomic E-state index is -0.399. The smallest absolute Gasteiger partial charge is 0.273 e. The highest BCUT2D eigenvalue weighted by Gasteiger charge is 2.13. The molecule has 106 valence electrons. The molecule has 0 saturated heterocycles. The van der Waals surface area contributed by atoms with Gasteiger partial charge in [-0.25, -0.2) is 4.98 Å². The Hall–Kier alpha value is -2.15. The summed E-state index contributed by atoms with van der Waals surface area (Å²) in [6, 6.07) is 4.87. The molecule has 0 saturated carbocycles. The summed E-state index contributed by atoms with van der Waals surface area (Å²) in [4.78, 5) is 14.9. The summed E-state index contributed by atoms with van der Waals surface area (Å²) in [5.74, 6) is 0. The van der Waals surface area contributed by atoms with Crippen LogP contribution in [0.4, 0.5) is 17.1 Å². The van der Waals surface area contributed by atoms with Gasteiger partial charge in [-0.05, 0) is 19.9 Å². The number of non-ortho nitro benzene ring substituents is 1. The lowest BCUT2D eigenvalue weighted by molar-refractivity contribution is -0.384. The van der Waals surface area contributed by atoms with Crippen molar-refractivity contribution in [3.8, 4) is 0 Å². The fraction of sp³-hybridized carbons (Fsp3) is 0.308. The van der Waals surface area contributed by atoms with Crippen LogP contribution in [-0.4, -0.2) is 17.0 Å². The minimum Gasteiger partial charge on any atom is -0.388 e. The largest absolute Gasteiger partial charge is 0.388 e. The maximum atomic E-state index is 10.9. The maximum Gasteiger partial charge on any atom is 0.273 e. The summed E-state index contributed by atoms with van der Waals surface area (Å²) in [6.45, 7) is 3.93. The average Bonchev–Trinajstić information content (AvgIpc) is 2.85. The standard InChI is InChI=1S/C13H16N4O2S/c1-8-7-20-13(15-8)9(2)16-11-4-10(14-3)5-12(6-11)17(18)19/h4-7,9,14,16H,1-3H3. The molecule has 0 bridgehead atoms. The topological polar surface area (TPSA) is 80.1 Å². The number of aromatic nitrogens is 1. The van der Waals surface area contributed by atoms with Crippen molar-refractivity contribution in [1.29, 1.82) is 0 Å². The van der Waals surface area contributed by atoms with Crippen LogP contribution in [0.1, 0.15) is 23.7 Å². The van der Waals surface area contributed by atoms with Crippen molar-refractivity contribution < 1.29 is 4.92 Å². The maximum absolute atomic E-state index is 10.9. The molecular formula is C13H16N4O2S. The molecule has 0 amide bonds. The SMILES string of the molecule is CNc1cc(NC(C)c2nc(C)cs2)cc([N+](=O)[O-])c1. The summed E-state index contributed by atoms with van der Waals surface area (Å²) < 4.78 is 0. The van der Waals surface area contributed by atoms with Gasteiger partial charge < -0.3 is 10.6 Å². The number of aryl methyl sites for hydroxylation is 1. The molecule has 2 aromatic rings. The van der Waals surface area contributed by atoms with E-state index in [0.29, 0.717) is 11.4 Å². The van der Waals surface area contributed by atoms with E-state index in [-0.39, 0.29) is 11.7 Å². The average molecular weight is 292 g/mol. The van der Waals surface area contributed by atoms with Gasteiger partial charge in [0.2, 0.25) is 0 Å². The predicted molar refractivity (Wildman–Crippen MR) is 81.5 cm³/mol. The molecule has 1 aromatic heterocycles. The summed E-state index contributed by atoms with van der Waals surface area (Å²) in [6.07, 6.45) is 0. The number of nitro benzene ring substituents is 1. The van der Waals surface area contributed by atoms with Gasteiger partial charge >= 0.3 is 0 Å². The van der Waals surface area contributed by atoms with Crippen molar-refractivity contribution in [2.24, 2.45) is 0 Å². The quantitative estimate of drug-likeness (QED) is 0.650. The van der Waals surface area contributed by atoms with Crippen LogP contribution in [0.25, 0.3) is 0 Å². The zero-order chi connectivity index (χ0) is 14.7. The Bertz CT molecular complexity index is 627. The first kappa shape index (κ1) is 14.3. The summed E-state index contributed by atoms with van der Waals surface area (Å²) in [7, 11) is 1.73. The lowest BCUT2D eigenvalue weighted by Crippen LogP contribution is -2.07. The number of hydrogen-bond donors (Lipinski definition) is 2. The monoisotopic (exact) mass is 292 g/mol. The lowest BCUT2D eigenvalue weighted by Gasteiger charge is -2.13. The van der Waals surface area contributed by atoms with E-state index in [1.807, 2.05) is 25.3 Å². The van der Waals surface area contributed by atoms with Gasteiger partial charge in [0, 0.05) is 41.6 Å². The Kier molecular flexibility index (Phi) is 4.19. The first-order valence-corrected chi connectivity index (χ1v) is 7.03. The second kappa shape index (κ2) is 5.87. The third kappa shape index (κ3) is 3.24. The second-order valence-electron chi connectivity index (χ2n) is 4.47. The molecule has 0 radical (unpaired) electrons. The number of rotatable bonds is 5. The Morgan fingerprint density at radius 2 is 2.05 bits per heavy atom. The van der Waals surface area contributed by atoms with Crippen molar-refractivity contribution in [3.05, 3.63) is 44.4 Å². The third-order valence-electron chi connectivity index (χ3n) is 2.81. The van der Waals surface area contributed by atoms with Crippen LogP contribution in [0.2, 0.25) is 0 Å². The molecule has 6 nitrogen and oxygen atoms in total. The Morgan fingerprint density at radius 1 is 1.35 bits per heavy atom. The Morgan fingerprint density at radius 3 is 2.60 bits per heavy atom. The van der Waals surface area contributed by atoms with Crippen molar-refractivity contribution in [2.75, 3.05) is 17.7 Å². The molecule has 1 heterocycles. The molecule has 0 aliphatic carbocycles. The van der Waals surface area contributed by atoms with Gasteiger partial charge in [-0.2, -0.15) is 0 Å². The number of nitrogens with one attached hydrogen (secondary N) is 2. The van der Waals surface area contributed by atoms with Crippen molar-refractivity contribution >= 4 is 28.4 Å². The number of thiazole rings is 1. The normalized spacial score (nSPS) is 11.9. The number of benzene rings is 1. The molecule has 1 atom stereocenters. The number of nitrogens with zero attached hydrogens (tertiary/aromatic N) is 2. The van der Waals surface area contributed by atoms with E-state index in [0.717, 1.165) is 10.7 Å². The van der Waals surface area contributed by atoms with E-state index in [2.05, 4.69) is 15.6 Å². The van der Waals surface area contributed by atoms with Crippen LogP contribution in [0.15, 0.2) is 23.6 Å². The van der Waals surface area contributed by atoms with E-state index < -0.39 is 4.92 Å². The van der Waals surface area contributed by atoms with Crippen LogP contribution in [-0.2, 0) is 0 Å². The number of anilines is 2. The molecule has 20 heavy (non-hydrogen) atoms. The zero-order valence-electron chi connectivity index (χ0n) is 11.5. The Balaban J connectivity index is 2.24. The fourth-order valence-electron chi connectivity index (χ4n) is 1.83. The van der Waals surface area contributed by atoms with Gasteiger partial charge in [-0.1, -0.05) is 0 Å². The van der Waals surface area contributed by atoms with Crippen LogP contribution >= 0.6 is 11.3 Å². The molecule has 0 fully saturated rings. The van der Waals surface area contributed by atoms with E-state index in [4.69, 9.17) is 0 Å². The molecular weight excluding hydrogens is 276 g/mol. The predicted octanol–water partition coefficient (Wildman–Crippen LogP) is 3.57. The van der Waals surface area contributed by atoms with Crippen molar-refractivity contribution in [1.82, 2.24) is 4.98 Å². The Labute approximate surface area is 121 Å². The van der Waals surface area contributed by atoms with E-state index in [9.17, 15) is 10.1 Å². The molecule has 2 rings (SSSR count). The molecule has 1 aromatic carbocycles. The van der Waals surface area contributed by atoms with Crippen molar-refractivity contribution in [2.45, 2.75) is 19.9 Å². The second-order valence-corrected chi connectivity index (χ2v) is 5.36. The summed E-state index contributed by atoms with van der Waals surface area (Å²) in [5, 5.41) is 20.0. The van der Waals surface area contributed by atoms with Crippen LogP contribution in [0.5, 0.6) is 0 Å². The molecule has 7 heteroatoms. The van der Waals surface area contributed by atoms with Gasteiger partial charge in [0.05, 0.1) is 11.0 Å². The van der Waals surface area contributed by atoms with Gasteiger partial charge in [0.15, 0.2) is 0 Å². The molecule has 0 aliphatic heterocycles. The van der Waals surface area contributed by atoms with E-state index in [1.165, 1.54) is 12.1 Å². The fourth-order valence-corrected chi connectivity index (χ4v) is 2.63. The molecule has 2 N–H and O–H groups in total. The number of hydrogen-bond acceptors (Lipinski definition) is 6. The highest BCUT2D eigenvalue weighted by molar-refractivity contribution is 7.09. The third-order valence-corrected chi connectivity index (χ3v) is 3.95. The van der Waals surface area contributed by atoms with E-state index in [1.54, 1.807) is 18.4 Å².